The van der Waals surface area contributed by atoms with Crippen LogP contribution in [0.15, 0.2) is 78.9 Å². The Morgan fingerprint density at radius 3 is 2.00 bits per heavy atom. The monoisotopic (exact) mass is 317 g/mol. The highest BCUT2D eigenvalue weighted by molar-refractivity contribution is 6.04. The molecule has 24 heavy (non-hydrogen) atoms. The van der Waals surface area contributed by atoms with Crippen molar-refractivity contribution >= 4 is 11.6 Å². The number of aliphatic hydroxyl groups excluding tert-OH is 1. The largest absolute Gasteiger partial charge is 0.389 e. The minimum atomic E-state index is -0.514. The first-order chi connectivity index (χ1) is 11.6. The zero-order chi connectivity index (χ0) is 16.9. The molecule has 3 aromatic carbocycles. The summed E-state index contributed by atoms with van der Waals surface area (Å²) in [6, 6.07) is 24.8. The summed E-state index contributed by atoms with van der Waals surface area (Å²) in [5.74, 6) is -0.153. The van der Waals surface area contributed by atoms with Crippen molar-refractivity contribution in [3.05, 3.63) is 90.0 Å². The Hall–Kier alpha value is -2.91. The number of hydrogen-bond donors (Lipinski definition) is 2. The number of carbonyl (C=O) groups excluding carboxylic acids is 1. The van der Waals surface area contributed by atoms with Gasteiger partial charge in [0.2, 0.25) is 0 Å². The summed E-state index contributed by atoms with van der Waals surface area (Å²) in [7, 11) is 0. The van der Waals surface area contributed by atoms with E-state index in [2.05, 4.69) is 5.32 Å². The van der Waals surface area contributed by atoms with Crippen molar-refractivity contribution < 1.29 is 9.90 Å². The fraction of sp³-hybridized carbons (Fsp3) is 0.0952. The molecule has 0 saturated heterocycles. The molecule has 0 aromatic heterocycles. The number of hydrogen-bond acceptors (Lipinski definition) is 2. The third-order valence-corrected chi connectivity index (χ3v) is 3.91. The summed E-state index contributed by atoms with van der Waals surface area (Å²) < 4.78 is 0. The van der Waals surface area contributed by atoms with Gasteiger partial charge in [-0.3, -0.25) is 4.79 Å². The van der Waals surface area contributed by atoms with E-state index in [0.29, 0.717) is 11.3 Å². The van der Waals surface area contributed by atoms with Gasteiger partial charge in [0.15, 0.2) is 0 Å². The van der Waals surface area contributed by atoms with Crippen LogP contribution in [0.4, 0.5) is 5.69 Å². The fourth-order valence-corrected chi connectivity index (χ4v) is 2.49. The SMILES string of the molecule is CC(O)c1ccc(NC(=O)c2ccc(-c3ccccc3)cc2)cc1. The van der Waals surface area contributed by atoms with E-state index >= 15 is 0 Å². The average Bonchev–Trinajstić information content (AvgIpc) is 2.63. The summed E-state index contributed by atoms with van der Waals surface area (Å²) in [6.07, 6.45) is -0.514. The highest BCUT2D eigenvalue weighted by Gasteiger charge is 2.07. The molecule has 0 aliphatic heterocycles. The Morgan fingerprint density at radius 2 is 1.42 bits per heavy atom. The molecular formula is C21H19NO2. The van der Waals surface area contributed by atoms with Gasteiger partial charge in [-0.1, -0.05) is 54.6 Å². The molecule has 3 aromatic rings. The zero-order valence-electron chi connectivity index (χ0n) is 13.4. The Labute approximate surface area is 141 Å². The Kier molecular flexibility index (Phi) is 4.73. The van der Waals surface area contributed by atoms with Crippen LogP contribution in [0.2, 0.25) is 0 Å². The number of rotatable bonds is 4. The van der Waals surface area contributed by atoms with Crippen molar-refractivity contribution in [2.75, 3.05) is 5.32 Å². The Morgan fingerprint density at radius 1 is 0.833 bits per heavy atom. The van der Waals surface area contributed by atoms with Crippen molar-refractivity contribution in [2.24, 2.45) is 0 Å². The fourth-order valence-electron chi connectivity index (χ4n) is 2.49. The van der Waals surface area contributed by atoms with Crippen LogP contribution in [0, 0.1) is 0 Å². The van der Waals surface area contributed by atoms with E-state index in [9.17, 15) is 9.90 Å². The maximum absolute atomic E-state index is 12.3. The van der Waals surface area contributed by atoms with Crippen LogP contribution in [0.5, 0.6) is 0 Å². The number of amides is 1. The third-order valence-electron chi connectivity index (χ3n) is 3.91. The van der Waals surface area contributed by atoms with Crippen LogP contribution < -0.4 is 5.32 Å². The van der Waals surface area contributed by atoms with Gasteiger partial charge in [-0.25, -0.2) is 0 Å². The molecule has 1 unspecified atom stereocenters. The lowest BCUT2D eigenvalue weighted by molar-refractivity contribution is 0.102. The van der Waals surface area contributed by atoms with Gasteiger partial charge >= 0.3 is 0 Å². The van der Waals surface area contributed by atoms with Crippen molar-refractivity contribution in [3.8, 4) is 11.1 Å². The van der Waals surface area contributed by atoms with E-state index in [1.807, 2.05) is 54.6 Å². The summed E-state index contributed by atoms with van der Waals surface area (Å²) >= 11 is 0. The van der Waals surface area contributed by atoms with Gasteiger partial charge < -0.3 is 10.4 Å². The molecule has 1 amide bonds. The van der Waals surface area contributed by atoms with Gasteiger partial charge in [-0.2, -0.15) is 0 Å². The molecule has 0 bridgehead atoms. The lowest BCUT2D eigenvalue weighted by atomic mass is 10.0. The van der Waals surface area contributed by atoms with Crippen LogP contribution in [-0.2, 0) is 0 Å². The van der Waals surface area contributed by atoms with Gasteiger partial charge in [-0.15, -0.1) is 0 Å². The van der Waals surface area contributed by atoms with Crippen LogP contribution in [-0.4, -0.2) is 11.0 Å². The predicted octanol–water partition coefficient (Wildman–Crippen LogP) is 4.66. The predicted molar refractivity (Wildman–Crippen MR) is 96.9 cm³/mol. The summed E-state index contributed by atoms with van der Waals surface area (Å²) in [4.78, 5) is 12.3. The zero-order valence-corrected chi connectivity index (χ0v) is 13.4. The van der Waals surface area contributed by atoms with E-state index in [4.69, 9.17) is 0 Å². The molecule has 0 aliphatic rings. The van der Waals surface area contributed by atoms with Crippen molar-refractivity contribution in [3.63, 3.8) is 0 Å². The van der Waals surface area contributed by atoms with Crippen molar-refractivity contribution in [1.82, 2.24) is 0 Å². The summed E-state index contributed by atoms with van der Waals surface area (Å²) in [5.41, 5.74) is 4.33. The highest BCUT2D eigenvalue weighted by Crippen LogP contribution is 2.20. The van der Waals surface area contributed by atoms with Gasteiger partial charge in [-0.05, 0) is 47.9 Å². The quantitative estimate of drug-likeness (QED) is 0.735. The van der Waals surface area contributed by atoms with Crippen molar-refractivity contribution in [1.29, 1.82) is 0 Å². The first-order valence-electron chi connectivity index (χ1n) is 7.88. The second kappa shape index (κ2) is 7.11. The maximum atomic E-state index is 12.3. The molecule has 0 fully saturated rings. The van der Waals surface area contributed by atoms with Gasteiger partial charge in [0.05, 0.1) is 6.10 Å². The van der Waals surface area contributed by atoms with Gasteiger partial charge in [0.25, 0.3) is 5.91 Å². The molecule has 0 heterocycles. The van der Waals surface area contributed by atoms with E-state index in [-0.39, 0.29) is 5.91 Å². The molecule has 3 heteroatoms. The lowest BCUT2D eigenvalue weighted by Gasteiger charge is -2.09. The maximum Gasteiger partial charge on any atom is 0.255 e. The molecule has 120 valence electrons. The number of anilines is 1. The van der Waals surface area contributed by atoms with E-state index in [1.54, 1.807) is 31.2 Å². The number of aliphatic hydroxyl groups is 1. The molecule has 2 N–H and O–H groups in total. The third kappa shape index (κ3) is 3.70. The van der Waals surface area contributed by atoms with Crippen LogP contribution in [0.1, 0.15) is 28.9 Å². The number of carbonyl (C=O) groups is 1. The topological polar surface area (TPSA) is 49.3 Å². The second-order valence-corrected chi connectivity index (χ2v) is 5.70. The molecule has 0 saturated carbocycles. The summed E-state index contributed by atoms with van der Waals surface area (Å²) in [5, 5.41) is 12.4. The van der Waals surface area contributed by atoms with Gasteiger partial charge in [0.1, 0.15) is 0 Å². The number of benzene rings is 3. The Bertz CT molecular complexity index is 807. The van der Waals surface area contributed by atoms with E-state index in [1.165, 1.54) is 0 Å². The molecule has 0 spiro atoms. The first kappa shape index (κ1) is 16.0. The van der Waals surface area contributed by atoms with E-state index < -0.39 is 6.10 Å². The van der Waals surface area contributed by atoms with Gasteiger partial charge in [0, 0.05) is 11.3 Å². The standard InChI is InChI=1S/C21H19NO2/c1-15(23)16-11-13-20(14-12-16)22-21(24)19-9-7-18(8-10-19)17-5-3-2-4-6-17/h2-15,23H,1H3,(H,22,24). The first-order valence-corrected chi connectivity index (χ1v) is 7.88. The summed E-state index contributed by atoms with van der Waals surface area (Å²) in [6.45, 7) is 1.71. The molecule has 1 atom stereocenters. The molecule has 0 radical (unpaired) electrons. The Balaban J connectivity index is 1.71. The molecule has 3 rings (SSSR count). The lowest BCUT2D eigenvalue weighted by Crippen LogP contribution is -2.11. The van der Waals surface area contributed by atoms with Crippen molar-refractivity contribution in [2.45, 2.75) is 13.0 Å². The molecule has 3 nitrogen and oxygen atoms in total. The smallest absolute Gasteiger partial charge is 0.255 e. The van der Waals surface area contributed by atoms with Crippen LogP contribution in [0.3, 0.4) is 0 Å². The highest BCUT2D eigenvalue weighted by atomic mass is 16.3. The minimum absolute atomic E-state index is 0.153. The second-order valence-electron chi connectivity index (χ2n) is 5.70. The van der Waals surface area contributed by atoms with Crippen LogP contribution in [0.25, 0.3) is 11.1 Å². The molecular weight excluding hydrogens is 298 g/mol. The van der Waals surface area contributed by atoms with E-state index in [0.717, 1.165) is 16.7 Å². The van der Waals surface area contributed by atoms with Crippen LogP contribution >= 0.6 is 0 Å². The minimum Gasteiger partial charge on any atom is -0.389 e. The average molecular weight is 317 g/mol. The molecule has 0 aliphatic carbocycles. The normalized spacial score (nSPS) is 11.8. The number of nitrogens with one attached hydrogen (secondary N) is 1.